The highest BCUT2D eigenvalue weighted by molar-refractivity contribution is 7.85. The van der Waals surface area contributed by atoms with Gasteiger partial charge < -0.3 is 0 Å². The van der Waals surface area contributed by atoms with Gasteiger partial charge in [-0.3, -0.25) is 0 Å². The second-order valence-electron chi connectivity index (χ2n) is 4.34. The van der Waals surface area contributed by atoms with Gasteiger partial charge in [0.25, 0.3) is 0 Å². The smallest absolute Gasteiger partial charge is 0.144 e. The number of hydrogen-bond donors (Lipinski definition) is 0. The van der Waals surface area contributed by atoms with Gasteiger partial charge in [0.1, 0.15) is 11.0 Å². The van der Waals surface area contributed by atoms with Gasteiger partial charge >= 0.3 is 0 Å². The molecule has 0 spiro atoms. The normalized spacial score (nSPS) is 14.3. The van der Waals surface area contributed by atoms with Crippen molar-refractivity contribution in [2.75, 3.05) is 0 Å². The first-order valence-corrected chi connectivity index (χ1v) is 6.09. The molecule has 0 heterocycles. The predicted octanol–water partition coefficient (Wildman–Crippen LogP) is 2.76. The van der Waals surface area contributed by atoms with Crippen LogP contribution in [0, 0.1) is 0 Å². The van der Waals surface area contributed by atoms with E-state index in [9.17, 15) is 4.21 Å². The molecule has 0 aromatic heterocycles. The van der Waals surface area contributed by atoms with Crippen molar-refractivity contribution >= 4 is 17.2 Å². The van der Waals surface area contributed by atoms with Crippen molar-refractivity contribution in [2.24, 2.45) is 4.40 Å². The van der Waals surface area contributed by atoms with E-state index in [0.717, 1.165) is 6.42 Å². The van der Waals surface area contributed by atoms with Crippen LogP contribution in [0.1, 0.15) is 26.3 Å². The Hall–Kier alpha value is -0.960. The van der Waals surface area contributed by atoms with Gasteiger partial charge in [0, 0.05) is 12.6 Å². The molecule has 0 N–H and O–H groups in total. The molecule has 3 heteroatoms. The Balaban J connectivity index is 2.51. The first-order valence-electron chi connectivity index (χ1n) is 4.98. The van der Waals surface area contributed by atoms with Crippen LogP contribution in [0.4, 0.5) is 0 Å². The molecule has 0 amide bonds. The van der Waals surface area contributed by atoms with E-state index in [2.05, 4.69) is 4.40 Å². The van der Waals surface area contributed by atoms with Gasteiger partial charge in [0.15, 0.2) is 0 Å². The van der Waals surface area contributed by atoms with E-state index in [4.69, 9.17) is 0 Å². The first kappa shape index (κ1) is 12.1. The predicted molar refractivity (Wildman–Crippen MR) is 66.5 cm³/mol. The van der Waals surface area contributed by atoms with Gasteiger partial charge in [0.2, 0.25) is 0 Å². The lowest BCUT2D eigenvalue weighted by molar-refractivity contribution is 0.651. The third-order valence-electron chi connectivity index (χ3n) is 1.86. The number of benzene rings is 1. The summed E-state index contributed by atoms with van der Waals surface area (Å²) in [7, 11) is -1.14. The average molecular weight is 223 g/mol. The molecule has 1 atom stereocenters. The highest BCUT2D eigenvalue weighted by Crippen LogP contribution is 2.11. The fourth-order valence-electron chi connectivity index (χ4n) is 0.983. The van der Waals surface area contributed by atoms with Crippen LogP contribution in [0.3, 0.4) is 0 Å². The maximum absolute atomic E-state index is 11.6. The second-order valence-corrected chi connectivity index (χ2v) is 6.27. The van der Waals surface area contributed by atoms with Gasteiger partial charge in [-0.25, -0.2) is 4.21 Å². The summed E-state index contributed by atoms with van der Waals surface area (Å²) in [6.07, 6.45) is 2.47. The Morgan fingerprint density at radius 1 is 1.27 bits per heavy atom. The van der Waals surface area contributed by atoms with Crippen molar-refractivity contribution in [3.63, 3.8) is 0 Å². The molecule has 0 saturated carbocycles. The lowest BCUT2D eigenvalue weighted by atomic mass is 10.2. The van der Waals surface area contributed by atoms with Crippen molar-refractivity contribution in [2.45, 2.75) is 31.9 Å². The van der Waals surface area contributed by atoms with Crippen LogP contribution in [-0.2, 0) is 17.4 Å². The van der Waals surface area contributed by atoms with E-state index in [1.807, 2.05) is 51.1 Å². The number of nitrogens with zero attached hydrogens (tertiary/aromatic N) is 1. The standard InChI is InChI=1S/C12H17NOS/c1-12(2,3)15(14)13-10-9-11-7-5-4-6-8-11/h4-8,10H,9H2,1-3H3. The van der Waals surface area contributed by atoms with E-state index < -0.39 is 11.0 Å². The molecule has 1 aromatic carbocycles. The summed E-state index contributed by atoms with van der Waals surface area (Å²) >= 11 is 0. The Morgan fingerprint density at radius 3 is 2.40 bits per heavy atom. The molecular formula is C12H17NOS. The zero-order valence-electron chi connectivity index (χ0n) is 9.43. The fraction of sp³-hybridized carbons (Fsp3) is 0.417. The summed E-state index contributed by atoms with van der Waals surface area (Å²) in [6, 6.07) is 10.0. The molecule has 82 valence electrons. The van der Waals surface area contributed by atoms with Gasteiger partial charge in [0.05, 0.1) is 4.75 Å². The highest BCUT2D eigenvalue weighted by Gasteiger charge is 2.17. The molecule has 15 heavy (non-hydrogen) atoms. The molecule has 0 saturated heterocycles. The van der Waals surface area contributed by atoms with Crippen LogP contribution in [0.15, 0.2) is 34.7 Å². The molecule has 1 unspecified atom stereocenters. The van der Waals surface area contributed by atoms with Crippen molar-refractivity contribution < 1.29 is 4.21 Å². The van der Waals surface area contributed by atoms with Crippen LogP contribution in [0.25, 0.3) is 0 Å². The number of rotatable bonds is 3. The van der Waals surface area contributed by atoms with Crippen LogP contribution in [-0.4, -0.2) is 15.2 Å². The van der Waals surface area contributed by atoms with Crippen molar-refractivity contribution in [1.82, 2.24) is 0 Å². The summed E-state index contributed by atoms with van der Waals surface area (Å²) in [5.74, 6) is 0. The second kappa shape index (κ2) is 5.21. The Labute approximate surface area is 94.0 Å². The third-order valence-corrected chi connectivity index (χ3v) is 3.25. The quantitative estimate of drug-likeness (QED) is 0.724. The Morgan fingerprint density at radius 2 is 1.87 bits per heavy atom. The van der Waals surface area contributed by atoms with E-state index in [-0.39, 0.29) is 4.75 Å². The first-order chi connectivity index (χ1) is 7.00. The maximum atomic E-state index is 11.6. The largest absolute Gasteiger partial charge is 0.234 e. The average Bonchev–Trinajstić information content (AvgIpc) is 2.18. The molecule has 0 aliphatic heterocycles. The molecule has 2 nitrogen and oxygen atoms in total. The van der Waals surface area contributed by atoms with Crippen LogP contribution in [0.2, 0.25) is 0 Å². The Kier molecular flexibility index (Phi) is 4.21. The summed E-state index contributed by atoms with van der Waals surface area (Å²) in [5, 5.41) is 0. The highest BCUT2D eigenvalue weighted by atomic mass is 32.2. The molecular weight excluding hydrogens is 206 g/mol. The summed E-state index contributed by atoms with van der Waals surface area (Å²) < 4.78 is 15.3. The maximum Gasteiger partial charge on any atom is 0.144 e. The number of hydrogen-bond acceptors (Lipinski definition) is 1. The molecule has 0 bridgehead atoms. The minimum absolute atomic E-state index is 0.271. The Bertz CT molecular complexity index is 352. The topological polar surface area (TPSA) is 29.4 Å². The SMILES string of the molecule is CC(C)(C)S(=O)N=CCc1ccccc1. The summed E-state index contributed by atoms with van der Waals surface area (Å²) in [5.41, 5.74) is 1.19. The molecule has 0 fully saturated rings. The van der Waals surface area contributed by atoms with E-state index in [0.29, 0.717) is 0 Å². The monoisotopic (exact) mass is 223 g/mol. The molecule has 1 aromatic rings. The zero-order valence-corrected chi connectivity index (χ0v) is 10.3. The molecule has 0 aliphatic rings. The van der Waals surface area contributed by atoms with Crippen molar-refractivity contribution in [3.8, 4) is 0 Å². The van der Waals surface area contributed by atoms with Crippen LogP contribution < -0.4 is 0 Å². The van der Waals surface area contributed by atoms with E-state index in [1.165, 1.54) is 5.56 Å². The summed E-state index contributed by atoms with van der Waals surface area (Å²) in [4.78, 5) is 0. The van der Waals surface area contributed by atoms with Gasteiger partial charge in [-0.1, -0.05) is 30.3 Å². The van der Waals surface area contributed by atoms with E-state index >= 15 is 0 Å². The van der Waals surface area contributed by atoms with Crippen molar-refractivity contribution in [3.05, 3.63) is 35.9 Å². The van der Waals surface area contributed by atoms with Gasteiger partial charge in [-0.2, -0.15) is 4.40 Å². The van der Waals surface area contributed by atoms with Crippen molar-refractivity contribution in [1.29, 1.82) is 0 Å². The van der Waals surface area contributed by atoms with Crippen LogP contribution in [0.5, 0.6) is 0 Å². The lowest BCUT2D eigenvalue weighted by Gasteiger charge is -2.12. The van der Waals surface area contributed by atoms with Gasteiger partial charge in [-0.05, 0) is 26.3 Å². The minimum Gasteiger partial charge on any atom is -0.234 e. The molecule has 1 rings (SSSR count). The fourth-order valence-corrected chi connectivity index (χ4v) is 1.51. The zero-order chi connectivity index (χ0) is 11.3. The summed E-state index contributed by atoms with van der Waals surface area (Å²) in [6.45, 7) is 5.76. The third kappa shape index (κ3) is 4.38. The van der Waals surface area contributed by atoms with Gasteiger partial charge in [-0.15, -0.1) is 0 Å². The lowest BCUT2D eigenvalue weighted by Crippen LogP contribution is -2.19. The molecule has 0 aliphatic carbocycles. The minimum atomic E-state index is -1.14. The van der Waals surface area contributed by atoms with E-state index in [1.54, 1.807) is 6.21 Å². The van der Waals surface area contributed by atoms with Crippen LogP contribution >= 0.6 is 0 Å². The molecule has 0 radical (unpaired) electrons.